The van der Waals surface area contributed by atoms with Gasteiger partial charge in [0.15, 0.2) is 0 Å². The number of amides is 1. The number of terminal acetylenes is 1. The number of rotatable bonds is 12. The van der Waals surface area contributed by atoms with E-state index >= 15 is 0 Å². The van der Waals surface area contributed by atoms with Crippen LogP contribution in [0.25, 0.3) is 0 Å². The molecule has 0 spiro atoms. The van der Waals surface area contributed by atoms with Crippen molar-refractivity contribution in [1.29, 1.82) is 0 Å². The number of hydrogen-bond acceptors (Lipinski definition) is 4. The zero-order valence-electron chi connectivity index (χ0n) is 20.1. The number of Topliss-reactive ketones (excluding diaryl/α,β-unsaturated/α-hetero) is 3. The molecule has 5 heteroatoms. The monoisotopic (exact) mass is 441 g/mol. The molecular formula is C27H39NO4. The minimum absolute atomic E-state index is 0.0189. The van der Waals surface area contributed by atoms with E-state index in [4.69, 9.17) is 6.42 Å². The van der Waals surface area contributed by atoms with Crippen molar-refractivity contribution in [3.63, 3.8) is 0 Å². The van der Waals surface area contributed by atoms with Gasteiger partial charge in [-0.25, -0.2) is 0 Å². The molecule has 0 aliphatic heterocycles. The van der Waals surface area contributed by atoms with E-state index in [0.717, 1.165) is 57.8 Å². The fraction of sp³-hybridized carbons (Fsp3) is 0.778. The summed E-state index contributed by atoms with van der Waals surface area (Å²) in [5.41, 5.74) is 0.0872. The van der Waals surface area contributed by atoms with Crippen molar-refractivity contribution < 1.29 is 19.2 Å². The lowest BCUT2D eigenvalue weighted by molar-refractivity contribution is -0.208. The Bertz CT molecular complexity index is 743. The first-order valence-electron chi connectivity index (χ1n) is 12.1. The van der Waals surface area contributed by atoms with Gasteiger partial charge in [-0.3, -0.25) is 9.59 Å². The number of carbonyl (C=O) groups is 4. The van der Waals surface area contributed by atoms with E-state index in [0.29, 0.717) is 25.8 Å². The Morgan fingerprint density at radius 1 is 0.719 bits per heavy atom. The van der Waals surface area contributed by atoms with Crippen LogP contribution in [-0.2, 0) is 19.2 Å². The van der Waals surface area contributed by atoms with E-state index in [2.05, 4.69) is 11.2 Å². The Morgan fingerprint density at radius 2 is 1.12 bits per heavy atom. The molecule has 1 amide bonds. The molecule has 0 aromatic carbocycles. The Morgan fingerprint density at radius 3 is 1.50 bits per heavy atom. The van der Waals surface area contributed by atoms with Crippen LogP contribution in [0.5, 0.6) is 0 Å². The van der Waals surface area contributed by atoms with Gasteiger partial charge >= 0.3 is 0 Å². The third kappa shape index (κ3) is 5.50. The maximum atomic E-state index is 12.3. The first-order chi connectivity index (χ1) is 14.9. The standard InChI is InChI=1S/C27H39NO4/c1-5-6-23(32)9-12-26-14-24(10-7-20(2)29)13-25(15-26,11-8-21(3)30)17-27(16-24,18-26)19-28-22(4)31/h1H,6-19H2,2-4H3,(H,28,31)/t24-,25+,26?,27?. The average Bonchev–Trinajstić information content (AvgIpc) is 2.68. The zero-order chi connectivity index (χ0) is 23.6. The van der Waals surface area contributed by atoms with Crippen LogP contribution in [0.2, 0.25) is 0 Å². The highest BCUT2D eigenvalue weighted by Crippen LogP contribution is 2.76. The summed E-state index contributed by atoms with van der Waals surface area (Å²) in [6, 6.07) is 0. The van der Waals surface area contributed by atoms with Crippen molar-refractivity contribution in [2.75, 3.05) is 6.54 Å². The van der Waals surface area contributed by atoms with Gasteiger partial charge in [0.1, 0.15) is 17.3 Å². The highest BCUT2D eigenvalue weighted by molar-refractivity contribution is 5.80. The largest absolute Gasteiger partial charge is 0.356 e. The van der Waals surface area contributed by atoms with Gasteiger partial charge < -0.3 is 14.9 Å². The summed E-state index contributed by atoms with van der Waals surface area (Å²) in [5, 5.41) is 3.10. The van der Waals surface area contributed by atoms with Gasteiger partial charge in [0, 0.05) is 32.7 Å². The molecule has 0 aromatic heterocycles. The van der Waals surface area contributed by atoms with Crippen LogP contribution in [-0.4, -0.2) is 29.8 Å². The summed E-state index contributed by atoms with van der Waals surface area (Å²) in [7, 11) is 0. The molecule has 4 atom stereocenters. The maximum absolute atomic E-state index is 12.3. The smallest absolute Gasteiger partial charge is 0.216 e. The van der Waals surface area contributed by atoms with Crippen LogP contribution >= 0.6 is 0 Å². The first kappa shape index (κ1) is 24.7. The Labute approximate surface area is 192 Å². The van der Waals surface area contributed by atoms with Crippen molar-refractivity contribution in [3.05, 3.63) is 0 Å². The molecule has 0 radical (unpaired) electrons. The molecule has 2 unspecified atom stereocenters. The van der Waals surface area contributed by atoms with Gasteiger partial charge in [-0.05, 0) is 93.3 Å². The van der Waals surface area contributed by atoms with Gasteiger partial charge in [-0.1, -0.05) is 5.92 Å². The van der Waals surface area contributed by atoms with E-state index < -0.39 is 0 Å². The Hall–Kier alpha value is -1.96. The molecule has 4 rings (SSSR count). The number of carbonyl (C=O) groups excluding carboxylic acids is 4. The Kier molecular flexibility index (Phi) is 7.03. The molecule has 1 N–H and O–H groups in total. The summed E-state index contributed by atoms with van der Waals surface area (Å²) in [6.07, 6.45) is 15.9. The van der Waals surface area contributed by atoms with Crippen LogP contribution in [0.1, 0.15) is 104 Å². The van der Waals surface area contributed by atoms with Crippen LogP contribution in [0.4, 0.5) is 0 Å². The van der Waals surface area contributed by atoms with E-state index in [1.165, 1.54) is 0 Å². The van der Waals surface area contributed by atoms with Crippen molar-refractivity contribution in [1.82, 2.24) is 5.32 Å². The van der Waals surface area contributed by atoms with Gasteiger partial charge in [0.2, 0.25) is 5.91 Å². The molecule has 0 saturated heterocycles. The highest BCUT2D eigenvalue weighted by Gasteiger charge is 2.67. The number of nitrogens with one attached hydrogen (secondary N) is 1. The molecule has 4 aliphatic rings. The van der Waals surface area contributed by atoms with Crippen LogP contribution < -0.4 is 5.32 Å². The van der Waals surface area contributed by atoms with Gasteiger partial charge in [0.25, 0.3) is 0 Å². The lowest BCUT2D eigenvalue weighted by Gasteiger charge is -2.71. The normalized spacial score (nSPS) is 34.7. The third-order valence-corrected chi connectivity index (χ3v) is 8.46. The van der Waals surface area contributed by atoms with Crippen molar-refractivity contribution >= 4 is 23.3 Å². The quantitative estimate of drug-likeness (QED) is 0.450. The number of hydrogen-bond donors (Lipinski definition) is 1. The van der Waals surface area contributed by atoms with E-state index in [1.807, 2.05) is 0 Å². The second-order valence-corrected chi connectivity index (χ2v) is 11.8. The van der Waals surface area contributed by atoms with Crippen LogP contribution in [0.3, 0.4) is 0 Å². The molecule has 4 aliphatic carbocycles. The van der Waals surface area contributed by atoms with E-state index in [-0.39, 0.29) is 51.3 Å². The molecule has 176 valence electrons. The van der Waals surface area contributed by atoms with Gasteiger partial charge in [-0.15, -0.1) is 6.42 Å². The molecule has 4 fully saturated rings. The summed E-state index contributed by atoms with van der Waals surface area (Å²) in [5.74, 6) is 3.01. The van der Waals surface area contributed by atoms with Crippen LogP contribution in [0, 0.1) is 34.0 Å². The van der Waals surface area contributed by atoms with Crippen molar-refractivity contribution in [2.24, 2.45) is 21.7 Å². The minimum Gasteiger partial charge on any atom is -0.356 e. The fourth-order valence-corrected chi connectivity index (χ4v) is 8.31. The fourth-order valence-electron chi connectivity index (χ4n) is 8.31. The van der Waals surface area contributed by atoms with Crippen molar-refractivity contribution in [2.45, 2.75) is 104 Å². The van der Waals surface area contributed by atoms with Crippen molar-refractivity contribution in [3.8, 4) is 12.3 Å². The molecular weight excluding hydrogens is 402 g/mol. The zero-order valence-corrected chi connectivity index (χ0v) is 20.1. The van der Waals surface area contributed by atoms with E-state index in [9.17, 15) is 19.2 Å². The van der Waals surface area contributed by atoms with Gasteiger partial charge in [-0.2, -0.15) is 0 Å². The first-order valence-corrected chi connectivity index (χ1v) is 12.1. The second kappa shape index (κ2) is 9.12. The average molecular weight is 442 g/mol. The Balaban J connectivity index is 1.97. The SMILES string of the molecule is C#CCC(=O)CCC12CC3(CNC(C)=O)C[C@](CCC(C)=O)(C1)C[C@](CCC(C)=O)(C2)C3. The summed E-state index contributed by atoms with van der Waals surface area (Å²) in [6.45, 7) is 5.53. The summed E-state index contributed by atoms with van der Waals surface area (Å²) >= 11 is 0. The van der Waals surface area contributed by atoms with E-state index in [1.54, 1.807) is 20.8 Å². The lowest BCUT2D eigenvalue weighted by Crippen LogP contribution is -2.63. The predicted octanol–water partition coefficient (Wildman–Crippen LogP) is 4.56. The summed E-state index contributed by atoms with van der Waals surface area (Å²) in [4.78, 5) is 48.0. The summed E-state index contributed by atoms with van der Waals surface area (Å²) < 4.78 is 0. The highest BCUT2D eigenvalue weighted by atomic mass is 16.1. The molecule has 4 saturated carbocycles. The minimum atomic E-state index is -0.0246. The van der Waals surface area contributed by atoms with Gasteiger partial charge in [0.05, 0.1) is 6.42 Å². The molecule has 0 heterocycles. The molecule has 32 heavy (non-hydrogen) atoms. The predicted molar refractivity (Wildman–Crippen MR) is 124 cm³/mol. The van der Waals surface area contributed by atoms with Crippen LogP contribution in [0.15, 0.2) is 0 Å². The number of ketones is 3. The molecule has 0 aromatic rings. The maximum Gasteiger partial charge on any atom is 0.216 e. The third-order valence-electron chi connectivity index (χ3n) is 8.46. The topological polar surface area (TPSA) is 80.3 Å². The lowest BCUT2D eigenvalue weighted by atomic mass is 9.33. The second-order valence-electron chi connectivity index (χ2n) is 11.8. The molecule has 4 bridgehead atoms. The molecule has 5 nitrogen and oxygen atoms in total.